The smallest absolute Gasteiger partial charge is 0.243 e. The van der Waals surface area contributed by atoms with Gasteiger partial charge in [-0.25, -0.2) is 8.42 Å². The zero-order chi connectivity index (χ0) is 21.8. The summed E-state index contributed by atoms with van der Waals surface area (Å²) in [6.07, 6.45) is 1.77. The molecule has 0 spiro atoms. The van der Waals surface area contributed by atoms with Crippen molar-refractivity contribution < 1.29 is 13.2 Å². The number of nitrogens with one attached hydrogen (secondary N) is 1. The second-order valence-corrected chi connectivity index (χ2v) is 10.3. The Morgan fingerprint density at radius 3 is 2.42 bits per heavy atom. The maximum atomic E-state index is 12.6. The number of sulfonamides is 1. The number of tetrazole rings is 1. The first-order chi connectivity index (χ1) is 14.9. The molecule has 1 unspecified atom stereocenters. The molecule has 1 atom stereocenters. The van der Waals surface area contributed by atoms with Crippen LogP contribution in [0.5, 0.6) is 0 Å². The van der Waals surface area contributed by atoms with E-state index in [2.05, 4.69) is 20.8 Å². The van der Waals surface area contributed by atoms with Crippen molar-refractivity contribution in [2.75, 3.05) is 18.4 Å². The van der Waals surface area contributed by atoms with Gasteiger partial charge < -0.3 is 5.32 Å². The van der Waals surface area contributed by atoms with Crippen LogP contribution < -0.4 is 5.32 Å². The highest BCUT2D eigenvalue weighted by atomic mass is 32.2. The van der Waals surface area contributed by atoms with Crippen molar-refractivity contribution in [3.63, 3.8) is 0 Å². The Kier molecular flexibility index (Phi) is 6.35. The maximum Gasteiger partial charge on any atom is 0.243 e. The van der Waals surface area contributed by atoms with E-state index in [0.29, 0.717) is 23.9 Å². The van der Waals surface area contributed by atoms with Gasteiger partial charge in [0.05, 0.1) is 15.8 Å². The van der Waals surface area contributed by atoms with Crippen molar-refractivity contribution in [1.82, 2.24) is 24.5 Å². The fraction of sp³-hybridized carbons (Fsp3) is 0.300. The van der Waals surface area contributed by atoms with Crippen LogP contribution in [0.25, 0.3) is 5.69 Å². The van der Waals surface area contributed by atoms with Gasteiger partial charge in [-0.2, -0.15) is 8.99 Å². The molecule has 0 saturated carbocycles. The van der Waals surface area contributed by atoms with Gasteiger partial charge in [0.2, 0.25) is 21.1 Å². The molecule has 1 aliphatic heterocycles. The third kappa shape index (κ3) is 4.78. The number of carbonyl (C=O) groups is 1. The van der Waals surface area contributed by atoms with E-state index in [1.807, 2.05) is 30.3 Å². The molecule has 4 rings (SSSR count). The molecule has 3 aromatic rings. The van der Waals surface area contributed by atoms with E-state index in [4.69, 9.17) is 0 Å². The van der Waals surface area contributed by atoms with Crippen LogP contribution in [0.3, 0.4) is 0 Å². The number of anilines is 1. The van der Waals surface area contributed by atoms with Crippen LogP contribution in [-0.2, 0) is 14.8 Å². The minimum Gasteiger partial charge on any atom is -0.325 e. The number of benzene rings is 2. The summed E-state index contributed by atoms with van der Waals surface area (Å²) in [7, 11) is -3.47. The van der Waals surface area contributed by atoms with Crippen LogP contribution in [0, 0.1) is 0 Å². The van der Waals surface area contributed by atoms with Gasteiger partial charge in [0.15, 0.2) is 0 Å². The molecule has 11 heteroatoms. The Bertz CT molecular complexity index is 1140. The van der Waals surface area contributed by atoms with Crippen molar-refractivity contribution in [1.29, 1.82) is 0 Å². The first-order valence-corrected chi connectivity index (χ1v) is 12.2. The first kappa shape index (κ1) is 21.5. The lowest BCUT2D eigenvalue weighted by Crippen LogP contribution is -2.27. The summed E-state index contributed by atoms with van der Waals surface area (Å²) >= 11 is 1.24. The molecule has 0 radical (unpaired) electrons. The Hall–Kier alpha value is -2.76. The summed E-state index contributed by atoms with van der Waals surface area (Å²) < 4.78 is 28.3. The number of aromatic nitrogens is 4. The van der Waals surface area contributed by atoms with Crippen molar-refractivity contribution in [3.8, 4) is 5.69 Å². The van der Waals surface area contributed by atoms with Gasteiger partial charge in [-0.05, 0) is 66.6 Å². The van der Waals surface area contributed by atoms with Crippen LogP contribution in [0.15, 0.2) is 64.6 Å². The topological polar surface area (TPSA) is 110 Å². The molecule has 31 heavy (non-hydrogen) atoms. The standard InChI is InChI=1S/C20H22N6O3S2/c1-15(30-20-22-23-24-26(20)17-7-3-2-4-8-17)19(27)21-16-9-11-18(12-10-16)31(28,29)25-13-5-6-14-25/h2-4,7-12,15H,5-6,13-14H2,1H3,(H,21,27). The summed E-state index contributed by atoms with van der Waals surface area (Å²) in [5, 5.41) is 14.6. The molecular formula is C20H22N6O3S2. The van der Waals surface area contributed by atoms with Crippen LogP contribution in [0.2, 0.25) is 0 Å². The largest absolute Gasteiger partial charge is 0.325 e. The van der Waals surface area contributed by atoms with Crippen molar-refractivity contribution in [3.05, 3.63) is 54.6 Å². The molecule has 1 aliphatic rings. The van der Waals surface area contributed by atoms with E-state index >= 15 is 0 Å². The van der Waals surface area contributed by atoms with Gasteiger partial charge in [-0.3, -0.25) is 4.79 Å². The second-order valence-electron chi connectivity index (χ2n) is 7.09. The molecule has 162 valence electrons. The van der Waals surface area contributed by atoms with Crippen LogP contribution >= 0.6 is 11.8 Å². The van der Waals surface area contributed by atoms with Gasteiger partial charge in [0.1, 0.15) is 0 Å². The summed E-state index contributed by atoms with van der Waals surface area (Å²) in [6, 6.07) is 15.7. The zero-order valence-corrected chi connectivity index (χ0v) is 18.5. The molecule has 1 fully saturated rings. The molecule has 1 aromatic heterocycles. The SMILES string of the molecule is CC(Sc1nnnn1-c1ccccc1)C(=O)Nc1ccc(S(=O)(=O)N2CCCC2)cc1. The predicted octanol–water partition coefficient (Wildman–Crippen LogP) is 2.57. The monoisotopic (exact) mass is 458 g/mol. The molecule has 1 N–H and O–H groups in total. The fourth-order valence-electron chi connectivity index (χ4n) is 3.23. The highest BCUT2D eigenvalue weighted by Crippen LogP contribution is 2.25. The number of thioether (sulfide) groups is 1. The number of hydrogen-bond donors (Lipinski definition) is 1. The number of hydrogen-bond acceptors (Lipinski definition) is 7. The molecule has 1 saturated heterocycles. The molecule has 0 bridgehead atoms. The lowest BCUT2D eigenvalue weighted by Gasteiger charge is -2.16. The van der Waals surface area contributed by atoms with E-state index in [1.54, 1.807) is 23.7 Å². The lowest BCUT2D eigenvalue weighted by atomic mass is 10.3. The van der Waals surface area contributed by atoms with Crippen LogP contribution in [-0.4, -0.2) is 57.2 Å². The normalized spacial score (nSPS) is 15.6. The van der Waals surface area contributed by atoms with Crippen molar-refractivity contribution in [2.24, 2.45) is 0 Å². The second kappa shape index (κ2) is 9.16. The highest BCUT2D eigenvalue weighted by Gasteiger charge is 2.27. The van der Waals surface area contributed by atoms with Gasteiger partial charge in [0.25, 0.3) is 0 Å². The summed E-state index contributed by atoms with van der Waals surface area (Å²) in [4.78, 5) is 12.9. The third-order valence-electron chi connectivity index (χ3n) is 4.92. The molecule has 1 amide bonds. The van der Waals surface area contributed by atoms with Gasteiger partial charge >= 0.3 is 0 Å². The summed E-state index contributed by atoms with van der Waals surface area (Å²) in [6.45, 7) is 2.87. The number of nitrogens with zero attached hydrogens (tertiary/aromatic N) is 5. The zero-order valence-electron chi connectivity index (χ0n) is 16.9. The first-order valence-electron chi connectivity index (χ1n) is 9.87. The van der Waals surface area contributed by atoms with Gasteiger partial charge in [0, 0.05) is 18.8 Å². The lowest BCUT2D eigenvalue weighted by molar-refractivity contribution is -0.115. The predicted molar refractivity (Wildman–Crippen MR) is 118 cm³/mol. The average molecular weight is 459 g/mol. The number of carbonyl (C=O) groups excluding carboxylic acids is 1. The van der Waals surface area contributed by atoms with E-state index in [1.165, 1.54) is 28.2 Å². The van der Waals surface area contributed by atoms with E-state index in [0.717, 1.165) is 18.5 Å². The summed E-state index contributed by atoms with van der Waals surface area (Å²) in [5.41, 5.74) is 1.33. The number of rotatable bonds is 7. The number of para-hydroxylation sites is 1. The van der Waals surface area contributed by atoms with E-state index < -0.39 is 15.3 Å². The van der Waals surface area contributed by atoms with Gasteiger partial charge in [-0.15, -0.1) is 5.10 Å². The Labute approximate surface area is 184 Å². The highest BCUT2D eigenvalue weighted by molar-refractivity contribution is 8.00. The Balaban J connectivity index is 1.40. The average Bonchev–Trinajstić information content (AvgIpc) is 3.47. The van der Waals surface area contributed by atoms with Crippen LogP contribution in [0.4, 0.5) is 5.69 Å². The van der Waals surface area contributed by atoms with Crippen molar-refractivity contribution in [2.45, 2.75) is 35.1 Å². The summed E-state index contributed by atoms with van der Waals surface area (Å²) in [5.74, 6) is -0.234. The third-order valence-corrected chi connectivity index (χ3v) is 7.86. The van der Waals surface area contributed by atoms with Crippen LogP contribution in [0.1, 0.15) is 19.8 Å². The van der Waals surface area contributed by atoms with Crippen molar-refractivity contribution >= 4 is 33.4 Å². The molecular weight excluding hydrogens is 436 g/mol. The minimum absolute atomic E-state index is 0.233. The van der Waals surface area contributed by atoms with E-state index in [-0.39, 0.29) is 10.8 Å². The quantitative estimate of drug-likeness (QED) is 0.542. The molecule has 2 aromatic carbocycles. The van der Waals surface area contributed by atoms with Gasteiger partial charge in [-0.1, -0.05) is 30.0 Å². The molecule has 9 nitrogen and oxygen atoms in total. The molecule has 0 aliphatic carbocycles. The fourth-order valence-corrected chi connectivity index (χ4v) is 5.55. The maximum absolute atomic E-state index is 12.6. The Morgan fingerprint density at radius 2 is 1.74 bits per heavy atom. The number of amides is 1. The minimum atomic E-state index is -3.47. The Morgan fingerprint density at radius 1 is 1.06 bits per heavy atom. The van der Waals surface area contributed by atoms with E-state index in [9.17, 15) is 13.2 Å². The molecule has 2 heterocycles.